The second kappa shape index (κ2) is 5.94. The maximum atomic E-state index is 11.3. The summed E-state index contributed by atoms with van der Waals surface area (Å²) in [6.07, 6.45) is 3.22. The van der Waals surface area contributed by atoms with E-state index in [9.17, 15) is 13.5 Å². The van der Waals surface area contributed by atoms with Gasteiger partial charge in [0.2, 0.25) is 10.0 Å². The Bertz CT molecular complexity index is 1260. The van der Waals surface area contributed by atoms with Crippen LogP contribution in [0.15, 0.2) is 64.6 Å². The summed E-state index contributed by atoms with van der Waals surface area (Å²) in [4.78, 5) is 11.7. The van der Waals surface area contributed by atoms with Gasteiger partial charge in [-0.3, -0.25) is 9.98 Å². The number of aliphatic imine (C=N–C) groups is 1. The van der Waals surface area contributed by atoms with E-state index in [2.05, 4.69) is 15.0 Å². The SMILES string of the molecule is NS(=O)(=O)c1ccc(N=Cc2c(O)[nH]c3ccc4cccnc4c23)cc1. The Balaban J connectivity index is 1.81. The number of nitrogens with zero attached hydrogens (tertiary/aromatic N) is 2. The maximum Gasteiger partial charge on any atom is 0.238 e. The number of hydrogen-bond acceptors (Lipinski definition) is 5. The van der Waals surface area contributed by atoms with Crippen LogP contribution in [0.3, 0.4) is 0 Å². The first kappa shape index (κ1) is 16.2. The third-order valence-electron chi connectivity index (χ3n) is 4.06. The molecule has 7 nitrogen and oxygen atoms in total. The Labute approximate surface area is 148 Å². The minimum absolute atomic E-state index is 0.0111. The molecule has 0 bridgehead atoms. The predicted molar refractivity (Wildman–Crippen MR) is 100 cm³/mol. The zero-order chi connectivity index (χ0) is 18.3. The van der Waals surface area contributed by atoms with E-state index in [4.69, 9.17) is 5.14 Å². The van der Waals surface area contributed by atoms with Crippen LogP contribution in [0.25, 0.3) is 21.8 Å². The number of benzene rings is 2. The molecular weight excluding hydrogens is 352 g/mol. The molecule has 0 radical (unpaired) electrons. The highest BCUT2D eigenvalue weighted by Gasteiger charge is 2.13. The van der Waals surface area contributed by atoms with Crippen LogP contribution in [-0.4, -0.2) is 29.7 Å². The van der Waals surface area contributed by atoms with Gasteiger partial charge in [0, 0.05) is 23.2 Å². The fraction of sp³-hybridized carbons (Fsp3) is 0. The molecule has 0 saturated heterocycles. The average molecular weight is 366 g/mol. The number of sulfonamides is 1. The molecule has 0 unspecified atom stereocenters. The lowest BCUT2D eigenvalue weighted by Crippen LogP contribution is -2.11. The summed E-state index contributed by atoms with van der Waals surface area (Å²) in [7, 11) is -3.74. The molecule has 4 aromatic rings. The third-order valence-corrected chi connectivity index (χ3v) is 4.99. The van der Waals surface area contributed by atoms with Crippen LogP contribution in [0.1, 0.15) is 5.56 Å². The molecule has 2 aromatic heterocycles. The normalized spacial score (nSPS) is 12.3. The molecule has 0 aliphatic carbocycles. The number of fused-ring (bicyclic) bond motifs is 3. The predicted octanol–water partition coefficient (Wildman–Crippen LogP) is 2.82. The molecule has 0 saturated carbocycles. The summed E-state index contributed by atoms with van der Waals surface area (Å²) < 4.78 is 22.6. The van der Waals surface area contributed by atoms with Crippen molar-refractivity contribution in [1.29, 1.82) is 0 Å². The molecular formula is C18H14N4O3S. The standard InChI is InChI=1S/C18H14N4O3S/c19-26(24,25)13-6-4-12(5-7-13)21-10-14-16-15(22-18(14)23)8-3-11-2-1-9-20-17(11)16/h1-10,22-23H,(H2,19,24,25). The lowest BCUT2D eigenvalue weighted by Gasteiger charge is -2.00. The molecule has 2 heterocycles. The topological polar surface area (TPSA) is 121 Å². The van der Waals surface area contributed by atoms with Crippen molar-refractivity contribution in [2.45, 2.75) is 4.90 Å². The Morgan fingerprint density at radius 2 is 1.88 bits per heavy atom. The number of H-pyrrole nitrogens is 1. The van der Waals surface area contributed by atoms with E-state index in [0.717, 1.165) is 21.8 Å². The van der Waals surface area contributed by atoms with E-state index >= 15 is 0 Å². The van der Waals surface area contributed by atoms with Crippen molar-refractivity contribution in [3.05, 3.63) is 60.3 Å². The Morgan fingerprint density at radius 3 is 2.62 bits per heavy atom. The lowest BCUT2D eigenvalue weighted by molar-refractivity contribution is 0.457. The summed E-state index contributed by atoms with van der Waals surface area (Å²) in [6, 6.07) is 13.4. The van der Waals surface area contributed by atoms with Crippen molar-refractivity contribution >= 4 is 43.7 Å². The van der Waals surface area contributed by atoms with E-state index in [0.29, 0.717) is 11.3 Å². The number of aromatic amines is 1. The average Bonchev–Trinajstić information content (AvgIpc) is 2.95. The van der Waals surface area contributed by atoms with Crippen LogP contribution in [0.2, 0.25) is 0 Å². The van der Waals surface area contributed by atoms with Gasteiger partial charge in [-0.2, -0.15) is 0 Å². The van der Waals surface area contributed by atoms with Crippen LogP contribution in [0.4, 0.5) is 5.69 Å². The zero-order valence-electron chi connectivity index (χ0n) is 13.4. The van der Waals surface area contributed by atoms with Crippen molar-refractivity contribution in [2.24, 2.45) is 10.1 Å². The van der Waals surface area contributed by atoms with Gasteiger partial charge in [0.15, 0.2) is 5.88 Å². The van der Waals surface area contributed by atoms with Gasteiger partial charge >= 0.3 is 0 Å². The molecule has 0 amide bonds. The summed E-state index contributed by atoms with van der Waals surface area (Å²) in [5.74, 6) is -0.0111. The number of aromatic hydroxyl groups is 1. The van der Waals surface area contributed by atoms with Gasteiger partial charge in [-0.05, 0) is 36.4 Å². The van der Waals surface area contributed by atoms with Gasteiger partial charge in [-0.25, -0.2) is 13.6 Å². The number of nitrogens with one attached hydrogen (secondary N) is 1. The van der Waals surface area contributed by atoms with Crippen LogP contribution in [0.5, 0.6) is 5.88 Å². The van der Waals surface area contributed by atoms with E-state index in [-0.39, 0.29) is 10.8 Å². The molecule has 2 aromatic carbocycles. The molecule has 4 rings (SSSR count). The minimum atomic E-state index is -3.74. The summed E-state index contributed by atoms with van der Waals surface area (Å²) in [5, 5.41) is 17.1. The van der Waals surface area contributed by atoms with E-state index < -0.39 is 10.0 Å². The highest BCUT2D eigenvalue weighted by molar-refractivity contribution is 7.89. The molecule has 0 fully saturated rings. The summed E-state index contributed by atoms with van der Waals surface area (Å²) in [5.41, 5.74) is 2.55. The second-order valence-corrected chi connectivity index (χ2v) is 7.31. The van der Waals surface area contributed by atoms with Gasteiger partial charge in [0.05, 0.1) is 27.2 Å². The number of primary sulfonamides is 1. The van der Waals surface area contributed by atoms with Crippen molar-refractivity contribution in [3.63, 3.8) is 0 Å². The molecule has 26 heavy (non-hydrogen) atoms. The second-order valence-electron chi connectivity index (χ2n) is 5.75. The van der Waals surface area contributed by atoms with Crippen LogP contribution >= 0.6 is 0 Å². The van der Waals surface area contributed by atoms with Crippen molar-refractivity contribution in [2.75, 3.05) is 0 Å². The van der Waals surface area contributed by atoms with Gasteiger partial charge in [-0.15, -0.1) is 0 Å². The maximum absolute atomic E-state index is 11.3. The van der Waals surface area contributed by atoms with Crippen molar-refractivity contribution < 1.29 is 13.5 Å². The highest BCUT2D eigenvalue weighted by atomic mass is 32.2. The van der Waals surface area contributed by atoms with Gasteiger partial charge in [0.25, 0.3) is 0 Å². The van der Waals surface area contributed by atoms with Crippen LogP contribution in [0, 0.1) is 0 Å². The fourth-order valence-corrected chi connectivity index (χ4v) is 3.34. The first-order chi connectivity index (χ1) is 12.4. The van der Waals surface area contributed by atoms with Crippen molar-refractivity contribution in [1.82, 2.24) is 9.97 Å². The molecule has 8 heteroatoms. The molecule has 0 aliphatic heterocycles. The number of nitrogens with two attached hydrogens (primary N) is 1. The number of aromatic nitrogens is 2. The first-order valence-corrected chi connectivity index (χ1v) is 9.23. The first-order valence-electron chi connectivity index (χ1n) is 7.69. The monoisotopic (exact) mass is 366 g/mol. The fourth-order valence-electron chi connectivity index (χ4n) is 2.82. The number of pyridine rings is 1. The van der Waals surface area contributed by atoms with Crippen LogP contribution < -0.4 is 5.14 Å². The highest BCUT2D eigenvalue weighted by Crippen LogP contribution is 2.31. The third kappa shape index (κ3) is 2.81. The van der Waals surface area contributed by atoms with E-state index in [1.807, 2.05) is 24.3 Å². The van der Waals surface area contributed by atoms with Gasteiger partial charge in [0.1, 0.15) is 0 Å². The van der Waals surface area contributed by atoms with Gasteiger partial charge < -0.3 is 10.1 Å². The molecule has 0 atom stereocenters. The Kier molecular flexibility index (Phi) is 3.71. The smallest absolute Gasteiger partial charge is 0.238 e. The van der Waals surface area contributed by atoms with Crippen LogP contribution in [-0.2, 0) is 10.0 Å². The number of hydrogen-bond donors (Lipinski definition) is 3. The van der Waals surface area contributed by atoms with Gasteiger partial charge in [-0.1, -0.05) is 12.1 Å². The minimum Gasteiger partial charge on any atom is -0.494 e. The molecule has 4 N–H and O–H groups in total. The number of rotatable bonds is 3. The quantitative estimate of drug-likeness (QED) is 0.483. The summed E-state index contributed by atoms with van der Waals surface area (Å²) >= 11 is 0. The van der Waals surface area contributed by atoms with E-state index in [1.165, 1.54) is 18.3 Å². The van der Waals surface area contributed by atoms with E-state index in [1.54, 1.807) is 18.3 Å². The zero-order valence-corrected chi connectivity index (χ0v) is 14.2. The largest absolute Gasteiger partial charge is 0.494 e. The molecule has 0 aliphatic rings. The lowest BCUT2D eigenvalue weighted by atomic mass is 10.1. The Hall–Kier alpha value is -3.23. The molecule has 0 spiro atoms. The molecule has 130 valence electrons. The summed E-state index contributed by atoms with van der Waals surface area (Å²) in [6.45, 7) is 0. The Morgan fingerprint density at radius 1 is 1.12 bits per heavy atom. The van der Waals surface area contributed by atoms with Crippen molar-refractivity contribution in [3.8, 4) is 5.88 Å².